The number of nitrogens with one attached hydrogen (secondary N) is 3. The Morgan fingerprint density at radius 3 is 2.72 bits per heavy atom. The quantitative estimate of drug-likeness (QED) is 0.212. The average molecular weight is 487 g/mol. The van der Waals surface area contributed by atoms with Crippen LogP contribution >= 0.6 is 0 Å². The van der Waals surface area contributed by atoms with Gasteiger partial charge in [0.1, 0.15) is 11.3 Å². The third-order valence-electron chi connectivity index (χ3n) is 6.56. The zero-order chi connectivity index (χ0) is 24.9. The van der Waals surface area contributed by atoms with Crippen molar-refractivity contribution in [3.63, 3.8) is 0 Å². The van der Waals surface area contributed by atoms with Gasteiger partial charge in [0, 0.05) is 60.5 Å². The van der Waals surface area contributed by atoms with Gasteiger partial charge < -0.3 is 25.5 Å². The lowest BCUT2D eigenvalue weighted by Gasteiger charge is -2.21. The largest absolute Gasteiger partial charge is 0.508 e. The number of carbonyl (C=O) groups excluding carboxylic acids is 1. The normalized spacial score (nSPS) is 13.0. The Hall–Kier alpha value is -3.91. The summed E-state index contributed by atoms with van der Waals surface area (Å²) in [5.41, 5.74) is 5.11. The van der Waals surface area contributed by atoms with E-state index in [9.17, 15) is 14.7 Å². The van der Waals surface area contributed by atoms with Gasteiger partial charge in [-0.3, -0.25) is 9.78 Å². The molecule has 0 unspecified atom stereocenters. The maximum absolute atomic E-state index is 12.4. The minimum absolute atomic E-state index is 0.00446. The molecule has 0 radical (unpaired) electrons. The van der Waals surface area contributed by atoms with E-state index in [-0.39, 0.29) is 23.7 Å². The van der Waals surface area contributed by atoms with Crippen LogP contribution in [0.5, 0.6) is 5.75 Å². The van der Waals surface area contributed by atoms with Crippen molar-refractivity contribution in [2.24, 2.45) is 0 Å². The molecule has 1 aliphatic carbocycles. The number of benzene rings is 2. The molecule has 2 aromatic carbocycles. The molecule has 1 amide bonds. The van der Waals surface area contributed by atoms with Gasteiger partial charge in [-0.1, -0.05) is 18.2 Å². The summed E-state index contributed by atoms with van der Waals surface area (Å²) in [6, 6.07) is 14.1. The van der Waals surface area contributed by atoms with Gasteiger partial charge in [0.05, 0.1) is 11.9 Å². The van der Waals surface area contributed by atoms with Crippen molar-refractivity contribution in [1.82, 2.24) is 15.6 Å². The summed E-state index contributed by atoms with van der Waals surface area (Å²) in [5.74, 6) is -0.172. The lowest BCUT2D eigenvalue weighted by atomic mass is 9.92. The third-order valence-corrected chi connectivity index (χ3v) is 6.56. The SMILES string of the molecule is O=C(Cc1cc(=O)oc2cc(O)ccc12)NCCNCCNc1c2c(nc3ccccc13)CCCC2. The second-order valence-corrected chi connectivity index (χ2v) is 9.11. The topological polar surface area (TPSA) is 116 Å². The van der Waals surface area contributed by atoms with Crippen LogP contribution in [0.3, 0.4) is 0 Å². The number of aromatic nitrogens is 1. The average Bonchev–Trinajstić information content (AvgIpc) is 2.87. The zero-order valence-corrected chi connectivity index (χ0v) is 20.1. The summed E-state index contributed by atoms with van der Waals surface area (Å²) >= 11 is 0. The van der Waals surface area contributed by atoms with Gasteiger partial charge in [-0.2, -0.15) is 0 Å². The van der Waals surface area contributed by atoms with Gasteiger partial charge in [-0.05, 0) is 55.0 Å². The predicted octanol–water partition coefficient (Wildman–Crippen LogP) is 3.29. The Labute approximate surface area is 208 Å². The summed E-state index contributed by atoms with van der Waals surface area (Å²) in [6.07, 6.45) is 4.57. The van der Waals surface area contributed by atoms with Gasteiger partial charge >= 0.3 is 5.63 Å². The fraction of sp³-hybridized carbons (Fsp3) is 0.321. The molecule has 4 N–H and O–H groups in total. The van der Waals surface area contributed by atoms with Gasteiger partial charge in [-0.15, -0.1) is 0 Å². The van der Waals surface area contributed by atoms with E-state index in [0.717, 1.165) is 31.4 Å². The van der Waals surface area contributed by atoms with Crippen molar-refractivity contribution in [1.29, 1.82) is 0 Å². The number of phenols is 1. The van der Waals surface area contributed by atoms with Crippen molar-refractivity contribution in [3.8, 4) is 5.75 Å². The second kappa shape index (κ2) is 10.8. The maximum atomic E-state index is 12.4. The number of para-hydroxylation sites is 1. The molecular weight excluding hydrogens is 456 g/mol. The Kier molecular flexibility index (Phi) is 7.13. The number of fused-ring (bicyclic) bond motifs is 3. The zero-order valence-electron chi connectivity index (χ0n) is 20.1. The fourth-order valence-electron chi connectivity index (χ4n) is 4.87. The number of phenolic OH excluding ortho intramolecular Hbond substituents is 1. The van der Waals surface area contributed by atoms with Gasteiger partial charge in [0.25, 0.3) is 0 Å². The van der Waals surface area contributed by atoms with E-state index in [1.54, 1.807) is 6.07 Å². The number of hydrogen-bond donors (Lipinski definition) is 4. The number of amides is 1. The van der Waals surface area contributed by atoms with Crippen molar-refractivity contribution in [2.45, 2.75) is 32.1 Å². The van der Waals surface area contributed by atoms with E-state index in [4.69, 9.17) is 9.40 Å². The molecule has 1 aliphatic rings. The number of hydrogen-bond acceptors (Lipinski definition) is 7. The molecule has 8 nitrogen and oxygen atoms in total. The summed E-state index contributed by atoms with van der Waals surface area (Å²) in [7, 11) is 0. The number of rotatable bonds is 9. The smallest absolute Gasteiger partial charge is 0.336 e. The van der Waals surface area contributed by atoms with E-state index in [0.29, 0.717) is 24.0 Å². The molecule has 0 aliphatic heterocycles. The highest BCUT2D eigenvalue weighted by molar-refractivity contribution is 5.93. The Balaban J connectivity index is 1.10. The molecule has 0 atom stereocenters. The molecule has 0 bridgehead atoms. The molecule has 0 saturated heterocycles. The number of carbonyl (C=O) groups is 1. The Morgan fingerprint density at radius 2 is 1.81 bits per heavy atom. The van der Waals surface area contributed by atoms with E-state index in [1.807, 2.05) is 6.07 Å². The third kappa shape index (κ3) is 5.33. The first-order chi connectivity index (χ1) is 17.6. The number of aromatic hydroxyl groups is 1. The van der Waals surface area contributed by atoms with E-state index in [2.05, 4.69) is 34.1 Å². The first-order valence-electron chi connectivity index (χ1n) is 12.5. The van der Waals surface area contributed by atoms with Crippen LogP contribution in [0.1, 0.15) is 29.7 Å². The molecule has 8 heteroatoms. The first kappa shape index (κ1) is 23.8. The Bertz CT molecular complexity index is 1460. The molecule has 5 rings (SSSR count). The summed E-state index contributed by atoms with van der Waals surface area (Å²) in [5, 5.41) is 21.3. The molecule has 0 fully saturated rings. The summed E-state index contributed by atoms with van der Waals surface area (Å²) < 4.78 is 5.12. The highest BCUT2D eigenvalue weighted by atomic mass is 16.4. The van der Waals surface area contributed by atoms with Crippen LogP contribution in [-0.4, -0.2) is 42.2 Å². The first-order valence-corrected chi connectivity index (χ1v) is 12.5. The molecule has 2 heterocycles. The molecular formula is C28H30N4O4. The number of aryl methyl sites for hydroxylation is 1. The maximum Gasteiger partial charge on any atom is 0.336 e. The molecule has 0 saturated carbocycles. The van der Waals surface area contributed by atoms with E-state index in [1.165, 1.54) is 53.4 Å². The number of nitrogens with zero attached hydrogens (tertiary/aromatic N) is 1. The fourth-order valence-corrected chi connectivity index (χ4v) is 4.87. The van der Waals surface area contributed by atoms with Crippen LogP contribution in [0.2, 0.25) is 0 Å². The minimum Gasteiger partial charge on any atom is -0.508 e. The van der Waals surface area contributed by atoms with Crippen LogP contribution in [0.25, 0.3) is 21.9 Å². The van der Waals surface area contributed by atoms with Gasteiger partial charge in [0.15, 0.2) is 0 Å². The van der Waals surface area contributed by atoms with E-state index < -0.39 is 5.63 Å². The van der Waals surface area contributed by atoms with Crippen molar-refractivity contribution >= 4 is 33.5 Å². The molecule has 0 spiro atoms. The second-order valence-electron chi connectivity index (χ2n) is 9.11. The molecule has 186 valence electrons. The number of pyridine rings is 1. The van der Waals surface area contributed by atoms with Crippen LogP contribution in [0, 0.1) is 0 Å². The Morgan fingerprint density at radius 1 is 0.972 bits per heavy atom. The molecule has 36 heavy (non-hydrogen) atoms. The molecule has 4 aromatic rings. The monoisotopic (exact) mass is 486 g/mol. The standard InChI is InChI=1S/C28H30N4O4/c33-19-9-10-20-18(16-27(35)36-25(20)17-19)15-26(34)30-13-11-29-12-14-31-28-21-5-1-3-7-23(21)32-24-8-4-2-6-22(24)28/h1,3,5,7,9-10,16-17,29,33H,2,4,6,8,11-15H2,(H,30,34)(H,31,32). The highest BCUT2D eigenvalue weighted by Gasteiger charge is 2.17. The molecule has 2 aromatic heterocycles. The van der Waals surface area contributed by atoms with Gasteiger partial charge in [-0.25, -0.2) is 4.79 Å². The number of anilines is 1. The van der Waals surface area contributed by atoms with Crippen molar-refractivity contribution in [3.05, 3.63) is 75.8 Å². The van der Waals surface area contributed by atoms with E-state index >= 15 is 0 Å². The summed E-state index contributed by atoms with van der Waals surface area (Å²) in [4.78, 5) is 29.1. The highest BCUT2D eigenvalue weighted by Crippen LogP contribution is 2.33. The van der Waals surface area contributed by atoms with Crippen LogP contribution in [0.15, 0.2) is 57.7 Å². The van der Waals surface area contributed by atoms with Crippen molar-refractivity contribution in [2.75, 3.05) is 31.5 Å². The predicted molar refractivity (Wildman–Crippen MR) is 141 cm³/mol. The minimum atomic E-state index is -0.548. The lowest BCUT2D eigenvalue weighted by Crippen LogP contribution is -2.34. The lowest BCUT2D eigenvalue weighted by molar-refractivity contribution is -0.120. The summed E-state index contributed by atoms with van der Waals surface area (Å²) in [6.45, 7) is 2.64. The van der Waals surface area contributed by atoms with Gasteiger partial charge in [0.2, 0.25) is 5.91 Å². The van der Waals surface area contributed by atoms with Crippen LogP contribution in [-0.2, 0) is 24.1 Å². The van der Waals surface area contributed by atoms with Crippen LogP contribution < -0.4 is 21.6 Å². The van der Waals surface area contributed by atoms with Crippen molar-refractivity contribution < 1.29 is 14.3 Å². The van der Waals surface area contributed by atoms with Crippen LogP contribution in [0.4, 0.5) is 5.69 Å².